The Hall–Kier alpha value is -1.88. The van der Waals surface area contributed by atoms with Crippen LogP contribution in [0.2, 0.25) is 0 Å². The van der Waals surface area contributed by atoms with Crippen molar-refractivity contribution in [1.82, 2.24) is 4.90 Å². The maximum Gasteiger partial charge on any atom is 0.307 e. The van der Waals surface area contributed by atoms with Crippen molar-refractivity contribution in [2.45, 2.75) is 38.1 Å². The Morgan fingerprint density at radius 3 is 2.87 bits per heavy atom. The van der Waals surface area contributed by atoms with Crippen molar-refractivity contribution in [1.29, 1.82) is 0 Å². The smallest absolute Gasteiger partial charge is 0.307 e. The second-order valence-corrected chi connectivity index (χ2v) is 6.32. The van der Waals surface area contributed by atoms with Crippen molar-refractivity contribution in [2.75, 3.05) is 31.6 Å². The number of carbonyl (C=O) groups is 2. The highest BCUT2D eigenvalue weighted by atomic mass is 16.5. The van der Waals surface area contributed by atoms with Crippen LogP contribution >= 0.6 is 0 Å². The molecule has 1 unspecified atom stereocenters. The van der Waals surface area contributed by atoms with Crippen LogP contribution in [0, 0.1) is 0 Å². The van der Waals surface area contributed by atoms with Crippen molar-refractivity contribution < 1.29 is 14.3 Å². The number of methoxy groups -OCH3 is 1. The molecule has 3 rings (SSSR count). The van der Waals surface area contributed by atoms with Crippen LogP contribution in [0.15, 0.2) is 24.3 Å². The van der Waals surface area contributed by atoms with E-state index in [0.717, 1.165) is 44.5 Å². The summed E-state index contributed by atoms with van der Waals surface area (Å²) in [6.07, 6.45) is 4.45. The maximum absolute atomic E-state index is 12.7. The molecule has 1 saturated heterocycles. The average Bonchev–Trinajstić information content (AvgIpc) is 3.00. The van der Waals surface area contributed by atoms with E-state index in [-0.39, 0.29) is 17.9 Å². The Balaban J connectivity index is 1.65. The zero-order valence-electron chi connectivity index (χ0n) is 13.7. The first-order valence-corrected chi connectivity index (χ1v) is 8.38. The fourth-order valence-electron chi connectivity index (χ4n) is 3.63. The lowest BCUT2D eigenvalue weighted by molar-refractivity contribution is -0.142. The van der Waals surface area contributed by atoms with E-state index in [1.807, 2.05) is 23.1 Å². The highest BCUT2D eigenvalue weighted by Crippen LogP contribution is 2.28. The molecule has 23 heavy (non-hydrogen) atoms. The van der Waals surface area contributed by atoms with E-state index in [1.165, 1.54) is 12.7 Å². The minimum absolute atomic E-state index is 0.123. The molecule has 0 radical (unpaired) electrons. The van der Waals surface area contributed by atoms with Gasteiger partial charge in [-0.15, -0.1) is 0 Å². The number of hydrogen-bond donors (Lipinski definition) is 0. The summed E-state index contributed by atoms with van der Waals surface area (Å²) < 4.78 is 4.79. The Labute approximate surface area is 137 Å². The van der Waals surface area contributed by atoms with Crippen molar-refractivity contribution in [3.05, 3.63) is 29.8 Å². The van der Waals surface area contributed by atoms with Crippen molar-refractivity contribution in [3.63, 3.8) is 0 Å². The van der Waals surface area contributed by atoms with E-state index < -0.39 is 0 Å². The zero-order chi connectivity index (χ0) is 16.2. The predicted octanol–water partition coefficient (Wildman–Crippen LogP) is 1.99. The summed E-state index contributed by atoms with van der Waals surface area (Å²) in [6, 6.07) is 8.22. The lowest BCUT2D eigenvalue weighted by atomic mass is 9.99. The maximum atomic E-state index is 12.7. The van der Waals surface area contributed by atoms with Crippen molar-refractivity contribution in [3.8, 4) is 0 Å². The molecule has 0 aromatic heterocycles. The van der Waals surface area contributed by atoms with Crippen LogP contribution in [0.4, 0.5) is 5.69 Å². The number of benzene rings is 1. The third-order valence-electron chi connectivity index (χ3n) is 4.91. The average molecular weight is 316 g/mol. The lowest BCUT2D eigenvalue weighted by Crippen LogP contribution is -2.47. The van der Waals surface area contributed by atoms with Gasteiger partial charge < -0.3 is 9.64 Å². The third kappa shape index (κ3) is 3.55. The number of anilines is 1. The summed E-state index contributed by atoms with van der Waals surface area (Å²) in [5, 5.41) is 0. The van der Waals surface area contributed by atoms with Gasteiger partial charge in [-0.2, -0.15) is 0 Å². The molecule has 0 aliphatic carbocycles. The van der Waals surface area contributed by atoms with E-state index in [4.69, 9.17) is 4.74 Å². The van der Waals surface area contributed by atoms with E-state index in [1.54, 1.807) is 0 Å². The Kier molecular flexibility index (Phi) is 4.96. The van der Waals surface area contributed by atoms with Crippen molar-refractivity contribution in [2.24, 2.45) is 0 Å². The predicted molar refractivity (Wildman–Crippen MR) is 88.3 cm³/mol. The number of nitrogens with zero attached hydrogens (tertiary/aromatic N) is 2. The molecule has 2 aliphatic rings. The van der Waals surface area contributed by atoms with Gasteiger partial charge in [-0.05, 0) is 37.4 Å². The number of ether oxygens (including phenoxy) is 1. The van der Waals surface area contributed by atoms with Crippen LogP contribution in [0.25, 0.3) is 0 Å². The fourth-order valence-corrected chi connectivity index (χ4v) is 3.63. The standard InChI is InChI=1S/C18H24N2O3/c1-23-18(22)12-15-7-4-5-10-19(15)13-17(21)20-11-9-14-6-2-3-8-16(14)20/h2-3,6,8,15H,4-5,7,9-13H2,1H3. The van der Waals surface area contributed by atoms with Gasteiger partial charge in [0, 0.05) is 18.3 Å². The molecule has 0 bridgehead atoms. The molecule has 0 saturated carbocycles. The van der Waals surface area contributed by atoms with Gasteiger partial charge in [-0.25, -0.2) is 0 Å². The van der Waals surface area contributed by atoms with Gasteiger partial charge in [-0.1, -0.05) is 24.6 Å². The zero-order valence-corrected chi connectivity index (χ0v) is 13.7. The van der Waals surface area contributed by atoms with Gasteiger partial charge in [0.1, 0.15) is 0 Å². The third-order valence-corrected chi connectivity index (χ3v) is 4.91. The van der Waals surface area contributed by atoms with Gasteiger partial charge >= 0.3 is 5.97 Å². The molecule has 5 heteroatoms. The molecular weight excluding hydrogens is 292 g/mol. The monoisotopic (exact) mass is 316 g/mol. The Morgan fingerprint density at radius 2 is 2.04 bits per heavy atom. The first kappa shape index (κ1) is 16.0. The number of carbonyl (C=O) groups excluding carboxylic acids is 2. The summed E-state index contributed by atoms with van der Waals surface area (Å²) in [4.78, 5) is 28.4. The molecule has 0 N–H and O–H groups in total. The molecule has 5 nitrogen and oxygen atoms in total. The number of hydrogen-bond acceptors (Lipinski definition) is 4. The Morgan fingerprint density at radius 1 is 1.22 bits per heavy atom. The Bertz CT molecular complexity index is 587. The molecule has 2 heterocycles. The first-order chi connectivity index (χ1) is 11.2. The molecule has 1 aromatic carbocycles. The summed E-state index contributed by atoms with van der Waals surface area (Å²) >= 11 is 0. The second-order valence-electron chi connectivity index (χ2n) is 6.32. The van der Waals surface area contributed by atoms with Crippen LogP contribution in [-0.2, 0) is 20.7 Å². The van der Waals surface area contributed by atoms with Gasteiger partial charge in [0.2, 0.25) is 5.91 Å². The number of piperidine rings is 1. The lowest BCUT2D eigenvalue weighted by Gasteiger charge is -2.35. The molecule has 1 amide bonds. The normalized spacial score (nSPS) is 21.1. The minimum atomic E-state index is -0.194. The molecular formula is C18H24N2O3. The summed E-state index contributed by atoms with van der Waals surface area (Å²) in [7, 11) is 1.42. The molecule has 1 aromatic rings. The topological polar surface area (TPSA) is 49.9 Å². The van der Waals surface area contributed by atoms with E-state index >= 15 is 0 Å². The van der Waals surface area contributed by atoms with Crippen LogP contribution in [0.5, 0.6) is 0 Å². The SMILES string of the molecule is COC(=O)CC1CCCCN1CC(=O)N1CCc2ccccc21. The number of para-hydroxylation sites is 1. The second kappa shape index (κ2) is 7.13. The molecule has 0 spiro atoms. The fraction of sp³-hybridized carbons (Fsp3) is 0.556. The quantitative estimate of drug-likeness (QED) is 0.797. The molecule has 124 valence electrons. The number of esters is 1. The summed E-state index contributed by atoms with van der Waals surface area (Å²) in [6.45, 7) is 2.02. The number of amides is 1. The summed E-state index contributed by atoms with van der Waals surface area (Å²) in [5.41, 5.74) is 2.28. The van der Waals surface area contributed by atoms with E-state index in [0.29, 0.717) is 13.0 Å². The van der Waals surface area contributed by atoms with E-state index in [2.05, 4.69) is 11.0 Å². The van der Waals surface area contributed by atoms with Crippen LogP contribution in [0.3, 0.4) is 0 Å². The molecule has 2 aliphatic heterocycles. The van der Waals surface area contributed by atoms with Gasteiger partial charge in [0.25, 0.3) is 0 Å². The molecule has 1 atom stereocenters. The number of likely N-dealkylation sites (tertiary alicyclic amines) is 1. The minimum Gasteiger partial charge on any atom is -0.469 e. The summed E-state index contributed by atoms with van der Waals surface area (Å²) in [5.74, 6) is -0.0624. The largest absolute Gasteiger partial charge is 0.469 e. The highest BCUT2D eigenvalue weighted by Gasteiger charge is 2.30. The highest BCUT2D eigenvalue weighted by molar-refractivity contribution is 5.96. The van der Waals surface area contributed by atoms with E-state index in [9.17, 15) is 9.59 Å². The molecule has 1 fully saturated rings. The van der Waals surface area contributed by atoms with Gasteiger partial charge in [0.05, 0.1) is 20.1 Å². The van der Waals surface area contributed by atoms with Crippen LogP contribution in [0.1, 0.15) is 31.2 Å². The first-order valence-electron chi connectivity index (χ1n) is 8.38. The van der Waals surface area contributed by atoms with Gasteiger partial charge in [0.15, 0.2) is 0 Å². The van der Waals surface area contributed by atoms with Gasteiger partial charge in [-0.3, -0.25) is 14.5 Å². The van der Waals surface area contributed by atoms with Crippen LogP contribution in [-0.4, -0.2) is 49.6 Å². The van der Waals surface area contributed by atoms with Crippen LogP contribution < -0.4 is 4.90 Å². The number of fused-ring (bicyclic) bond motifs is 1. The number of rotatable bonds is 4. The van der Waals surface area contributed by atoms with Crippen molar-refractivity contribution >= 4 is 17.6 Å².